The Morgan fingerprint density at radius 3 is 3.05 bits per heavy atom. The van der Waals surface area contributed by atoms with Gasteiger partial charge < -0.3 is 4.90 Å². The number of aromatic nitrogens is 2. The third-order valence-electron chi connectivity index (χ3n) is 3.67. The second kappa shape index (κ2) is 6.32. The largest absolute Gasteiger partial charge is 0.352 e. The van der Waals surface area contributed by atoms with E-state index in [4.69, 9.17) is 11.6 Å². The van der Waals surface area contributed by atoms with E-state index in [2.05, 4.69) is 21.8 Å². The molecule has 0 aliphatic carbocycles. The van der Waals surface area contributed by atoms with E-state index in [9.17, 15) is 10.1 Å². The van der Waals surface area contributed by atoms with Gasteiger partial charge in [-0.3, -0.25) is 15.0 Å². The van der Waals surface area contributed by atoms with Gasteiger partial charge in [0.15, 0.2) is 0 Å². The fourth-order valence-corrected chi connectivity index (χ4v) is 2.81. The Hall–Kier alpha value is -1.47. The van der Waals surface area contributed by atoms with Gasteiger partial charge in [-0.2, -0.15) is 4.98 Å². The van der Waals surface area contributed by atoms with Crippen LogP contribution in [0.15, 0.2) is 6.20 Å². The van der Waals surface area contributed by atoms with Crippen molar-refractivity contribution in [2.75, 3.05) is 31.6 Å². The number of nitrogens with zero attached hydrogens (tertiary/aromatic N) is 5. The molecule has 20 heavy (non-hydrogen) atoms. The van der Waals surface area contributed by atoms with Crippen molar-refractivity contribution in [1.29, 1.82) is 0 Å². The molecule has 1 aromatic rings. The van der Waals surface area contributed by atoms with Gasteiger partial charge in [-0.15, -0.1) is 0 Å². The molecule has 1 unspecified atom stereocenters. The zero-order chi connectivity index (χ0) is 14.7. The molecule has 8 heteroatoms. The van der Waals surface area contributed by atoms with Gasteiger partial charge in [-0.25, -0.2) is 4.98 Å². The summed E-state index contributed by atoms with van der Waals surface area (Å²) >= 11 is 5.76. The Morgan fingerprint density at radius 2 is 2.40 bits per heavy atom. The van der Waals surface area contributed by atoms with Crippen molar-refractivity contribution in [2.24, 2.45) is 0 Å². The monoisotopic (exact) mass is 299 g/mol. The van der Waals surface area contributed by atoms with Gasteiger partial charge in [0.1, 0.15) is 6.20 Å². The maximum atomic E-state index is 11.0. The standard InChI is InChI=1S/C12H18ClN5O2/c1-3-17-6-4-5-9(17)8-16(2)11-10(18(19)20)7-14-12(13)15-11/h7,9H,3-6,8H2,1-2H3. The number of halogens is 1. The molecule has 0 N–H and O–H groups in total. The lowest BCUT2D eigenvalue weighted by Gasteiger charge is -2.28. The Kier molecular flexibility index (Phi) is 4.72. The molecule has 0 amide bonds. The lowest BCUT2D eigenvalue weighted by atomic mass is 10.2. The van der Waals surface area contributed by atoms with Crippen LogP contribution in [0.5, 0.6) is 0 Å². The fourth-order valence-electron chi connectivity index (χ4n) is 2.68. The average molecular weight is 300 g/mol. The van der Waals surface area contributed by atoms with Crippen LogP contribution >= 0.6 is 11.6 Å². The molecule has 1 aliphatic heterocycles. The summed E-state index contributed by atoms with van der Waals surface area (Å²) < 4.78 is 0. The van der Waals surface area contributed by atoms with Crippen LogP contribution in [0, 0.1) is 10.1 Å². The molecule has 1 saturated heterocycles. The van der Waals surface area contributed by atoms with Crippen molar-refractivity contribution >= 4 is 23.1 Å². The summed E-state index contributed by atoms with van der Waals surface area (Å²) in [6.45, 7) is 4.90. The summed E-state index contributed by atoms with van der Waals surface area (Å²) in [4.78, 5) is 22.4. The normalized spacial score (nSPS) is 19.2. The summed E-state index contributed by atoms with van der Waals surface area (Å²) in [6.07, 6.45) is 3.43. The smallest absolute Gasteiger partial charge is 0.329 e. The molecule has 0 radical (unpaired) electrons. The highest BCUT2D eigenvalue weighted by molar-refractivity contribution is 6.28. The minimum atomic E-state index is -0.478. The van der Waals surface area contributed by atoms with Crippen LogP contribution < -0.4 is 4.90 Å². The first-order valence-corrected chi connectivity index (χ1v) is 7.02. The number of likely N-dealkylation sites (N-methyl/N-ethyl adjacent to an activating group) is 2. The predicted molar refractivity (Wildman–Crippen MR) is 77.2 cm³/mol. The molecule has 0 bridgehead atoms. The maximum Gasteiger partial charge on any atom is 0.329 e. The summed E-state index contributed by atoms with van der Waals surface area (Å²) in [5.74, 6) is 0.276. The van der Waals surface area contributed by atoms with Crippen molar-refractivity contribution in [3.05, 3.63) is 21.6 Å². The molecule has 0 aromatic carbocycles. The van der Waals surface area contributed by atoms with Gasteiger partial charge >= 0.3 is 5.69 Å². The van der Waals surface area contributed by atoms with Crippen LogP contribution in [0.1, 0.15) is 19.8 Å². The maximum absolute atomic E-state index is 11.0. The molecule has 0 saturated carbocycles. The van der Waals surface area contributed by atoms with E-state index in [0.29, 0.717) is 12.6 Å². The quantitative estimate of drug-likeness (QED) is 0.470. The van der Waals surface area contributed by atoms with Gasteiger partial charge in [-0.1, -0.05) is 6.92 Å². The van der Waals surface area contributed by atoms with E-state index in [1.165, 1.54) is 6.42 Å². The lowest BCUT2D eigenvalue weighted by Crippen LogP contribution is -2.39. The molecule has 110 valence electrons. The SMILES string of the molecule is CCN1CCCC1CN(C)c1nc(Cl)ncc1[N+](=O)[O-]. The van der Waals surface area contributed by atoms with Crippen LogP contribution in [0.4, 0.5) is 11.5 Å². The van der Waals surface area contributed by atoms with Crippen molar-refractivity contribution in [3.8, 4) is 0 Å². The highest BCUT2D eigenvalue weighted by atomic mass is 35.5. The van der Waals surface area contributed by atoms with E-state index in [1.54, 1.807) is 11.9 Å². The molecular formula is C12H18ClN5O2. The third-order valence-corrected chi connectivity index (χ3v) is 3.85. The molecule has 1 aliphatic rings. The molecule has 1 aromatic heterocycles. The second-order valence-electron chi connectivity index (χ2n) is 4.91. The van der Waals surface area contributed by atoms with Gasteiger partial charge in [0.2, 0.25) is 11.1 Å². The first-order chi connectivity index (χ1) is 9.52. The molecular weight excluding hydrogens is 282 g/mol. The van der Waals surface area contributed by atoms with Crippen LogP contribution in [-0.4, -0.2) is 52.5 Å². The summed E-state index contributed by atoms with van der Waals surface area (Å²) in [5.41, 5.74) is -0.113. The highest BCUT2D eigenvalue weighted by Gasteiger charge is 2.27. The molecule has 2 rings (SSSR count). The van der Waals surface area contributed by atoms with Gasteiger partial charge in [-0.05, 0) is 37.5 Å². The Bertz CT molecular complexity index is 499. The number of rotatable bonds is 5. The summed E-state index contributed by atoms with van der Waals surface area (Å²) in [5, 5.41) is 11.1. The molecule has 1 atom stereocenters. The average Bonchev–Trinajstić information content (AvgIpc) is 2.85. The minimum absolute atomic E-state index is 0.0243. The van der Waals surface area contributed by atoms with Gasteiger partial charge in [0, 0.05) is 19.6 Å². The zero-order valence-corrected chi connectivity index (χ0v) is 12.4. The van der Waals surface area contributed by atoms with E-state index < -0.39 is 4.92 Å². The van der Waals surface area contributed by atoms with Gasteiger partial charge in [0.25, 0.3) is 0 Å². The van der Waals surface area contributed by atoms with Crippen LogP contribution in [0.3, 0.4) is 0 Å². The number of hydrogen-bond donors (Lipinski definition) is 0. The minimum Gasteiger partial charge on any atom is -0.352 e. The first kappa shape index (κ1) is 14.9. The number of anilines is 1. The molecule has 0 spiro atoms. The Labute approximate surface area is 122 Å². The zero-order valence-electron chi connectivity index (χ0n) is 11.6. The first-order valence-electron chi connectivity index (χ1n) is 6.65. The van der Waals surface area contributed by atoms with Crippen molar-refractivity contribution < 1.29 is 4.92 Å². The van der Waals surface area contributed by atoms with Gasteiger partial charge in [0.05, 0.1) is 4.92 Å². The third kappa shape index (κ3) is 3.16. The molecule has 1 fully saturated rings. The Morgan fingerprint density at radius 1 is 1.65 bits per heavy atom. The van der Waals surface area contributed by atoms with Crippen LogP contribution in [0.25, 0.3) is 0 Å². The topological polar surface area (TPSA) is 75.4 Å². The predicted octanol–water partition coefficient (Wildman–Crippen LogP) is 1.96. The van der Waals surface area contributed by atoms with Crippen molar-refractivity contribution in [3.63, 3.8) is 0 Å². The van der Waals surface area contributed by atoms with Crippen LogP contribution in [0.2, 0.25) is 5.28 Å². The van der Waals surface area contributed by atoms with Crippen molar-refractivity contribution in [1.82, 2.24) is 14.9 Å². The molecule has 7 nitrogen and oxygen atoms in total. The van der Waals surface area contributed by atoms with E-state index in [-0.39, 0.29) is 16.8 Å². The summed E-state index contributed by atoms with van der Waals surface area (Å²) in [6, 6.07) is 0.401. The number of likely N-dealkylation sites (tertiary alicyclic amines) is 1. The fraction of sp³-hybridized carbons (Fsp3) is 0.667. The van der Waals surface area contributed by atoms with E-state index in [1.807, 2.05) is 0 Å². The highest BCUT2D eigenvalue weighted by Crippen LogP contribution is 2.27. The lowest BCUT2D eigenvalue weighted by molar-refractivity contribution is -0.384. The Balaban J connectivity index is 2.18. The second-order valence-corrected chi connectivity index (χ2v) is 5.25. The number of nitro groups is 1. The van der Waals surface area contributed by atoms with Crippen molar-refractivity contribution in [2.45, 2.75) is 25.8 Å². The van der Waals surface area contributed by atoms with Crippen LogP contribution in [-0.2, 0) is 0 Å². The number of hydrogen-bond acceptors (Lipinski definition) is 6. The van der Waals surface area contributed by atoms with E-state index >= 15 is 0 Å². The molecule has 2 heterocycles. The summed E-state index contributed by atoms with van der Waals surface area (Å²) in [7, 11) is 1.80. The van der Waals surface area contributed by atoms with E-state index in [0.717, 1.165) is 25.7 Å².